The average molecular weight is 423 g/mol. The smallest absolute Gasteiger partial charge is 0.258 e. The first-order chi connectivity index (χ1) is 12.9. The minimum Gasteiger partial charge on any atom is -0.493 e. The molecule has 140 valence electrons. The molecule has 8 heteroatoms. The van der Waals surface area contributed by atoms with E-state index in [0.717, 1.165) is 16.1 Å². The maximum absolute atomic E-state index is 12.5. The lowest BCUT2D eigenvalue weighted by atomic mass is 10.1. The van der Waals surface area contributed by atoms with Gasteiger partial charge in [0.25, 0.3) is 5.91 Å². The molecule has 0 aliphatic heterocycles. The van der Waals surface area contributed by atoms with Crippen LogP contribution < -0.4 is 14.8 Å². The van der Waals surface area contributed by atoms with Crippen LogP contribution in [-0.4, -0.2) is 25.1 Å². The van der Waals surface area contributed by atoms with Gasteiger partial charge in [0.2, 0.25) is 0 Å². The van der Waals surface area contributed by atoms with Crippen LogP contribution in [0.5, 0.6) is 11.5 Å². The molecule has 1 N–H and O–H groups in total. The SMILES string of the molecule is COc1ccc(-c2nc(NC(=O)c3ccc(Cl)cc3Cl)sc2C)cc1OC. The second-order valence-electron chi connectivity index (χ2n) is 5.57. The summed E-state index contributed by atoms with van der Waals surface area (Å²) >= 11 is 13.4. The third-order valence-corrected chi connectivity index (χ3v) is 5.28. The molecule has 0 spiro atoms. The zero-order chi connectivity index (χ0) is 19.6. The number of halogens is 2. The number of benzene rings is 2. The number of rotatable bonds is 5. The number of aryl methyl sites for hydroxylation is 1. The highest BCUT2D eigenvalue weighted by molar-refractivity contribution is 7.16. The van der Waals surface area contributed by atoms with Crippen LogP contribution in [0.15, 0.2) is 36.4 Å². The summed E-state index contributed by atoms with van der Waals surface area (Å²) < 4.78 is 10.6. The average Bonchev–Trinajstić information content (AvgIpc) is 3.01. The van der Waals surface area contributed by atoms with Gasteiger partial charge < -0.3 is 9.47 Å². The molecule has 0 aliphatic rings. The monoisotopic (exact) mass is 422 g/mol. The number of carbonyl (C=O) groups is 1. The predicted octanol–water partition coefficient (Wildman–Crippen LogP) is 5.69. The van der Waals surface area contributed by atoms with Gasteiger partial charge in [-0.25, -0.2) is 4.98 Å². The Morgan fingerprint density at radius 1 is 1.07 bits per heavy atom. The lowest BCUT2D eigenvalue weighted by molar-refractivity contribution is 0.102. The highest BCUT2D eigenvalue weighted by Crippen LogP contribution is 2.36. The van der Waals surface area contributed by atoms with Crippen molar-refractivity contribution < 1.29 is 14.3 Å². The number of nitrogens with zero attached hydrogens (tertiary/aromatic N) is 1. The number of ether oxygens (including phenoxy) is 2. The van der Waals surface area contributed by atoms with Crippen molar-refractivity contribution in [3.63, 3.8) is 0 Å². The fourth-order valence-electron chi connectivity index (χ4n) is 2.54. The Morgan fingerprint density at radius 2 is 1.81 bits per heavy atom. The first-order valence-corrected chi connectivity index (χ1v) is 9.46. The second kappa shape index (κ2) is 8.17. The third-order valence-electron chi connectivity index (χ3n) is 3.85. The van der Waals surface area contributed by atoms with E-state index in [0.29, 0.717) is 27.2 Å². The molecule has 27 heavy (non-hydrogen) atoms. The Labute approximate surface area is 170 Å². The van der Waals surface area contributed by atoms with Crippen molar-refractivity contribution >= 4 is 45.6 Å². The molecular weight excluding hydrogens is 407 g/mol. The van der Waals surface area contributed by atoms with Crippen molar-refractivity contribution in [3.05, 3.63) is 56.9 Å². The number of thiazole rings is 1. The quantitative estimate of drug-likeness (QED) is 0.572. The molecule has 0 saturated carbocycles. The van der Waals surface area contributed by atoms with E-state index in [1.807, 2.05) is 25.1 Å². The third kappa shape index (κ3) is 4.18. The topological polar surface area (TPSA) is 60.5 Å². The number of anilines is 1. The van der Waals surface area contributed by atoms with E-state index in [1.54, 1.807) is 26.4 Å². The van der Waals surface area contributed by atoms with Crippen LogP contribution in [0.2, 0.25) is 10.0 Å². The van der Waals surface area contributed by atoms with E-state index in [1.165, 1.54) is 17.4 Å². The Balaban J connectivity index is 1.87. The Bertz CT molecular complexity index is 1000. The van der Waals surface area contributed by atoms with Gasteiger partial charge in [-0.1, -0.05) is 23.2 Å². The number of amides is 1. The second-order valence-corrected chi connectivity index (χ2v) is 7.62. The van der Waals surface area contributed by atoms with Crippen LogP contribution in [0.25, 0.3) is 11.3 Å². The lowest BCUT2D eigenvalue weighted by Crippen LogP contribution is -2.12. The molecule has 0 atom stereocenters. The summed E-state index contributed by atoms with van der Waals surface area (Å²) in [5, 5.41) is 4.02. The minimum atomic E-state index is -0.343. The molecule has 3 rings (SSSR count). The van der Waals surface area contributed by atoms with Gasteiger partial charge in [0.05, 0.1) is 30.5 Å². The fraction of sp³-hybridized carbons (Fsp3) is 0.158. The summed E-state index contributed by atoms with van der Waals surface area (Å²) in [6.45, 7) is 1.94. The van der Waals surface area contributed by atoms with Crippen LogP contribution in [0.1, 0.15) is 15.2 Å². The van der Waals surface area contributed by atoms with E-state index >= 15 is 0 Å². The number of methoxy groups -OCH3 is 2. The van der Waals surface area contributed by atoms with Crippen LogP contribution in [-0.2, 0) is 0 Å². The van der Waals surface area contributed by atoms with Crippen molar-refractivity contribution in [1.82, 2.24) is 4.98 Å². The van der Waals surface area contributed by atoms with Crippen LogP contribution in [0, 0.1) is 6.92 Å². The van der Waals surface area contributed by atoms with E-state index in [9.17, 15) is 4.79 Å². The Morgan fingerprint density at radius 3 is 2.48 bits per heavy atom. The fourth-order valence-corrected chi connectivity index (χ4v) is 3.86. The first-order valence-electron chi connectivity index (χ1n) is 7.89. The summed E-state index contributed by atoms with van der Waals surface area (Å²) in [4.78, 5) is 18.0. The van der Waals surface area contributed by atoms with Crippen molar-refractivity contribution in [2.45, 2.75) is 6.92 Å². The Kier molecular flexibility index (Phi) is 5.89. The van der Waals surface area contributed by atoms with Crippen LogP contribution in [0.3, 0.4) is 0 Å². The normalized spacial score (nSPS) is 10.6. The molecule has 0 unspecified atom stereocenters. The minimum absolute atomic E-state index is 0.286. The molecule has 0 radical (unpaired) electrons. The molecule has 2 aromatic carbocycles. The summed E-state index contributed by atoms with van der Waals surface area (Å²) in [5.41, 5.74) is 1.96. The largest absolute Gasteiger partial charge is 0.493 e. The highest BCUT2D eigenvalue weighted by atomic mass is 35.5. The number of hydrogen-bond acceptors (Lipinski definition) is 5. The van der Waals surface area contributed by atoms with Crippen molar-refractivity contribution in [1.29, 1.82) is 0 Å². The van der Waals surface area contributed by atoms with E-state index in [2.05, 4.69) is 10.3 Å². The standard InChI is InChI=1S/C19H16Cl2N2O3S/c1-10-17(11-4-7-15(25-2)16(8-11)26-3)22-19(27-10)23-18(24)13-6-5-12(20)9-14(13)21/h4-9H,1-3H3,(H,22,23,24). The summed E-state index contributed by atoms with van der Waals surface area (Å²) in [5.74, 6) is 0.908. The van der Waals surface area contributed by atoms with Crippen molar-refractivity contribution in [2.75, 3.05) is 19.5 Å². The van der Waals surface area contributed by atoms with Gasteiger partial charge in [-0.15, -0.1) is 11.3 Å². The van der Waals surface area contributed by atoms with Gasteiger partial charge in [0, 0.05) is 15.5 Å². The summed E-state index contributed by atoms with van der Waals surface area (Å²) in [7, 11) is 3.16. The van der Waals surface area contributed by atoms with E-state index in [4.69, 9.17) is 32.7 Å². The molecule has 0 bridgehead atoms. The first kappa shape index (κ1) is 19.5. The van der Waals surface area contributed by atoms with Crippen molar-refractivity contribution in [2.24, 2.45) is 0 Å². The van der Waals surface area contributed by atoms with Gasteiger partial charge in [-0.05, 0) is 43.3 Å². The van der Waals surface area contributed by atoms with E-state index in [-0.39, 0.29) is 10.9 Å². The molecule has 0 fully saturated rings. The van der Waals surface area contributed by atoms with Gasteiger partial charge in [0.15, 0.2) is 16.6 Å². The molecule has 1 amide bonds. The zero-order valence-electron chi connectivity index (χ0n) is 14.8. The number of carbonyl (C=O) groups excluding carboxylic acids is 1. The lowest BCUT2D eigenvalue weighted by Gasteiger charge is -2.08. The molecular formula is C19H16Cl2N2O3S. The molecule has 1 aromatic heterocycles. The molecule has 0 saturated heterocycles. The van der Waals surface area contributed by atoms with E-state index < -0.39 is 0 Å². The van der Waals surface area contributed by atoms with Gasteiger partial charge >= 0.3 is 0 Å². The highest BCUT2D eigenvalue weighted by Gasteiger charge is 2.16. The molecule has 0 aliphatic carbocycles. The van der Waals surface area contributed by atoms with Gasteiger partial charge in [-0.2, -0.15) is 0 Å². The van der Waals surface area contributed by atoms with Crippen LogP contribution >= 0.6 is 34.5 Å². The summed E-state index contributed by atoms with van der Waals surface area (Å²) in [6, 6.07) is 10.3. The number of aromatic nitrogens is 1. The predicted molar refractivity (Wildman–Crippen MR) is 110 cm³/mol. The maximum Gasteiger partial charge on any atom is 0.258 e. The maximum atomic E-state index is 12.5. The molecule has 1 heterocycles. The van der Waals surface area contributed by atoms with Crippen molar-refractivity contribution in [3.8, 4) is 22.8 Å². The van der Waals surface area contributed by atoms with Gasteiger partial charge in [0.1, 0.15) is 0 Å². The zero-order valence-corrected chi connectivity index (χ0v) is 17.1. The summed E-state index contributed by atoms with van der Waals surface area (Å²) in [6.07, 6.45) is 0. The Hall–Kier alpha value is -2.28. The van der Waals surface area contributed by atoms with Gasteiger partial charge in [-0.3, -0.25) is 10.1 Å². The number of nitrogens with one attached hydrogen (secondary N) is 1. The molecule has 3 aromatic rings. The number of hydrogen-bond donors (Lipinski definition) is 1. The van der Waals surface area contributed by atoms with Crippen LogP contribution in [0.4, 0.5) is 5.13 Å². The molecule has 5 nitrogen and oxygen atoms in total.